The molecular formula is C13H20BrNO3S2. The van der Waals surface area contributed by atoms with Crippen LogP contribution < -0.4 is 0 Å². The summed E-state index contributed by atoms with van der Waals surface area (Å²) in [6.45, 7) is 3.24. The Labute approximate surface area is 133 Å². The molecule has 20 heavy (non-hydrogen) atoms. The van der Waals surface area contributed by atoms with E-state index in [2.05, 4.69) is 22.9 Å². The Morgan fingerprint density at radius 1 is 1.45 bits per heavy atom. The lowest BCUT2D eigenvalue weighted by atomic mass is 9.94. The first-order valence-corrected chi connectivity index (χ1v) is 9.93. The lowest BCUT2D eigenvalue weighted by molar-refractivity contribution is 0.262. The monoisotopic (exact) mass is 381 g/mol. The van der Waals surface area contributed by atoms with Crippen molar-refractivity contribution in [3.63, 3.8) is 0 Å². The number of aliphatic hydroxyl groups excluding tert-OH is 1. The number of hydrogen-bond donors (Lipinski definition) is 1. The van der Waals surface area contributed by atoms with Crippen molar-refractivity contribution in [2.45, 2.75) is 44.1 Å². The highest BCUT2D eigenvalue weighted by molar-refractivity contribution is 9.11. The Kier molecular flexibility index (Phi) is 5.64. The van der Waals surface area contributed by atoms with E-state index < -0.39 is 10.0 Å². The van der Waals surface area contributed by atoms with Crippen molar-refractivity contribution in [3.8, 4) is 0 Å². The molecule has 1 aromatic heterocycles. The van der Waals surface area contributed by atoms with Gasteiger partial charge in [-0.3, -0.25) is 0 Å². The molecule has 0 saturated carbocycles. The minimum absolute atomic E-state index is 0.128. The summed E-state index contributed by atoms with van der Waals surface area (Å²) in [5.74, 6) is 0.658. The molecular weight excluding hydrogens is 362 g/mol. The summed E-state index contributed by atoms with van der Waals surface area (Å²) in [7, 11) is -3.43. The van der Waals surface area contributed by atoms with Gasteiger partial charge in [0, 0.05) is 18.0 Å². The normalized spacial score (nSPS) is 18.6. The van der Waals surface area contributed by atoms with E-state index in [0.29, 0.717) is 32.6 Å². The van der Waals surface area contributed by atoms with Crippen LogP contribution in [0.25, 0.3) is 0 Å². The largest absolute Gasteiger partial charge is 0.391 e. The van der Waals surface area contributed by atoms with Gasteiger partial charge in [-0.25, -0.2) is 8.42 Å². The SMILES string of the molecule is CCCC1CCN(S(=O)(=O)c2cc(CO)sc2Br)CC1. The summed E-state index contributed by atoms with van der Waals surface area (Å²) in [6, 6.07) is 1.57. The molecule has 4 nitrogen and oxygen atoms in total. The molecule has 0 amide bonds. The molecule has 1 saturated heterocycles. The van der Waals surface area contributed by atoms with Crippen LogP contribution in [0.4, 0.5) is 0 Å². The second-order valence-corrected chi connectivity index (χ2v) is 9.51. The molecule has 0 bridgehead atoms. The van der Waals surface area contributed by atoms with Crippen molar-refractivity contribution in [1.29, 1.82) is 0 Å². The highest BCUT2D eigenvalue weighted by atomic mass is 79.9. The van der Waals surface area contributed by atoms with Crippen LogP contribution in [0.2, 0.25) is 0 Å². The summed E-state index contributed by atoms with van der Waals surface area (Å²) in [4.78, 5) is 0.955. The molecule has 1 aromatic rings. The molecule has 0 aliphatic carbocycles. The van der Waals surface area contributed by atoms with Gasteiger partial charge < -0.3 is 5.11 Å². The first kappa shape index (κ1) is 16.4. The fourth-order valence-electron chi connectivity index (χ4n) is 2.64. The van der Waals surface area contributed by atoms with Crippen LogP contribution in [0, 0.1) is 5.92 Å². The zero-order valence-corrected chi connectivity index (χ0v) is 14.7. The van der Waals surface area contributed by atoms with Gasteiger partial charge in [0.25, 0.3) is 0 Å². The van der Waals surface area contributed by atoms with Gasteiger partial charge in [0.05, 0.1) is 10.4 Å². The van der Waals surface area contributed by atoms with E-state index in [1.165, 1.54) is 17.8 Å². The average molecular weight is 382 g/mol. The second-order valence-electron chi connectivity index (χ2n) is 5.14. The van der Waals surface area contributed by atoms with E-state index >= 15 is 0 Å². The molecule has 114 valence electrons. The van der Waals surface area contributed by atoms with Crippen LogP contribution in [0.15, 0.2) is 14.7 Å². The van der Waals surface area contributed by atoms with Gasteiger partial charge in [-0.1, -0.05) is 19.8 Å². The van der Waals surface area contributed by atoms with Crippen LogP contribution in [0.1, 0.15) is 37.5 Å². The number of sulfonamides is 1. The first-order valence-electron chi connectivity index (χ1n) is 6.88. The molecule has 0 atom stereocenters. The molecule has 0 unspecified atom stereocenters. The Hall–Kier alpha value is 0.0500. The van der Waals surface area contributed by atoms with Crippen molar-refractivity contribution < 1.29 is 13.5 Å². The third kappa shape index (κ3) is 3.44. The van der Waals surface area contributed by atoms with Crippen LogP contribution in [-0.4, -0.2) is 30.9 Å². The summed E-state index contributed by atoms with van der Waals surface area (Å²) in [5.41, 5.74) is 0. The first-order chi connectivity index (χ1) is 9.48. The summed E-state index contributed by atoms with van der Waals surface area (Å²) in [5, 5.41) is 9.13. The minimum atomic E-state index is -3.43. The van der Waals surface area contributed by atoms with Crippen LogP contribution in [-0.2, 0) is 16.6 Å². The van der Waals surface area contributed by atoms with E-state index in [4.69, 9.17) is 5.11 Å². The molecule has 0 spiro atoms. The van der Waals surface area contributed by atoms with Crippen molar-refractivity contribution in [1.82, 2.24) is 4.31 Å². The summed E-state index contributed by atoms with van der Waals surface area (Å²) in [6.07, 6.45) is 4.24. The molecule has 7 heteroatoms. The third-order valence-electron chi connectivity index (χ3n) is 3.75. The lowest BCUT2D eigenvalue weighted by Gasteiger charge is -2.30. The highest BCUT2D eigenvalue weighted by Gasteiger charge is 2.31. The smallest absolute Gasteiger partial charge is 0.245 e. The second kappa shape index (κ2) is 6.87. The number of nitrogens with zero attached hydrogens (tertiary/aromatic N) is 1. The predicted octanol–water partition coefficient (Wildman–Crippen LogP) is 3.20. The molecule has 0 aromatic carbocycles. The van der Waals surface area contributed by atoms with E-state index in [0.717, 1.165) is 19.3 Å². The average Bonchev–Trinajstić information content (AvgIpc) is 2.82. The fraction of sp³-hybridized carbons (Fsp3) is 0.692. The number of rotatable bonds is 5. The number of thiophene rings is 1. The molecule has 0 radical (unpaired) electrons. The molecule has 2 heterocycles. The van der Waals surface area contributed by atoms with Crippen molar-refractivity contribution in [2.24, 2.45) is 5.92 Å². The molecule has 1 fully saturated rings. The number of aliphatic hydroxyl groups is 1. The van der Waals surface area contributed by atoms with E-state index in [9.17, 15) is 8.42 Å². The highest BCUT2D eigenvalue weighted by Crippen LogP contribution is 2.35. The Morgan fingerprint density at radius 3 is 2.60 bits per heavy atom. The quantitative estimate of drug-likeness (QED) is 0.851. The van der Waals surface area contributed by atoms with Gasteiger partial charge in [-0.2, -0.15) is 4.31 Å². The number of hydrogen-bond acceptors (Lipinski definition) is 4. The Balaban J connectivity index is 2.13. The fourth-order valence-corrected chi connectivity index (χ4v) is 6.60. The Morgan fingerprint density at radius 2 is 2.10 bits per heavy atom. The van der Waals surface area contributed by atoms with Crippen molar-refractivity contribution in [3.05, 3.63) is 14.7 Å². The topological polar surface area (TPSA) is 57.6 Å². The number of piperidine rings is 1. The molecule has 1 aliphatic rings. The van der Waals surface area contributed by atoms with Crippen LogP contribution in [0.5, 0.6) is 0 Å². The minimum Gasteiger partial charge on any atom is -0.391 e. The lowest BCUT2D eigenvalue weighted by Crippen LogP contribution is -2.38. The predicted molar refractivity (Wildman–Crippen MR) is 84.3 cm³/mol. The summed E-state index contributed by atoms with van der Waals surface area (Å²) < 4.78 is 27.4. The Bertz CT molecular complexity index is 548. The van der Waals surface area contributed by atoms with E-state index in [1.807, 2.05) is 0 Å². The van der Waals surface area contributed by atoms with Gasteiger partial charge in [-0.15, -0.1) is 11.3 Å². The zero-order chi connectivity index (χ0) is 14.8. The number of halogens is 1. The van der Waals surface area contributed by atoms with Crippen molar-refractivity contribution in [2.75, 3.05) is 13.1 Å². The van der Waals surface area contributed by atoms with Crippen LogP contribution >= 0.6 is 27.3 Å². The maximum atomic E-state index is 12.6. The molecule has 1 aliphatic heterocycles. The van der Waals surface area contributed by atoms with Gasteiger partial charge >= 0.3 is 0 Å². The third-order valence-corrected chi connectivity index (χ3v) is 7.89. The van der Waals surface area contributed by atoms with Gasteiger partial charge in [-0.05, 0) is 40.8 Å². The standard InChI is InChI=1S/C13H20BrNO3S2/c1-2-3-10-4-6-15(7-5-10)20(17,18)12-8-11(9-16)19-13(12)14/h8,10,16H,2-7,9H2,1H3. The zero-order valence-electron chi connectivity index (χ0n) is 11.5. The maximum Gasteiger partial charge on any atom is 0.245 e. The van der Waals surface area contributed by atoms with Gasteiger partial charge in [0.1, 0.15) is 4.90 Å². The molecule has 1 N–H and O–H groups in total. The summed E-state index contributed by atoms with van der Waals surface area (Å²) >= 11 is 4.57. The maximum absolute atomic E-state index is 12.6. The van der Waals surface area contributed by atoms with Crippen molar-refractivity contribution >= 4 is 37.3 Å². The van der Waals surface area contributed by atoms with Crippen LogP contribution in [0.3, 0.4) is 0 Å². The van der Waals surface area contributed by atoms with E-state index in [1.54, 1.807) is 10.4 Å². The van der Waals surface area contributed by atoms with E-state index in [-0.39, 0.29) is 6.61 Å². The van der Waals surface area contributed by atoms with Gasteiger partial charge in [0.2, 0.25) is 10.0 Å². The van der Waals surface area contributed by atoms with Gasteiger partial charge in [0.15, 0.2) is 0 Å². The molecule has 2 rings (SSSR count).